The van der Waals surface area contributed by atoms with Gasteiger partial charge in [-0.3, -0.25) is 19.5 Å². The zero-order valence-corrected chi connectivity index (χ0v) is 24.6. The van der Waals surface area contributed by atoms with Crippen LogP contribution in [0.4, 0.5) is 5.13 Å². The number of pyridine rings is 1. The van der Waals surface area contributed by atoms with Crippen molar-refractivity contribution in [1.82, 2.24) is 9.97 Å². The molecule has 1 saturated heterocycles. The maximum atomic E-state index is 13.7. The first-order chi connectivity index (χ1) is 20.5. The summed E-state index contributed by atoms with van der Waals surface area (Å²) < 4.78 is 18.4. The Kier molecular flexibility index (Phi) is 9.02. The molecule has 0 aliphatic carbocycles. The van der Waals surface area contributed by atoms with Crippen molar-refractivity contribution >= 4 is 44.1 Å². The van der Waals surface area contributed by atoms with Crippen LogP contribution < -0.4 is 19.1 Å². The molecule has 1 aliphatic rings. The molecule has 9 nitrogen and oxygen atoms in total. The summed E-state index contributed by atoms with van der Waals surface area (Å²) >= 11 is 1.27. The van der Waals surface area contributed by atoms with E-state index >= 15 is 0 Å². The summed E-state index contributed by atoms with van der Waals surface area (Å²) in [6.07, 6.45) is 6.08. The maximum Gasteiger partial charge on any atom is 0.301 e. The van der Waals surface area contributed by atoms with E-state index in [1.165, 1.54) is 28.6 Å². The molecule has 3 heterocycles. The van der Waals surface area contributed by atoms with E-state index in [1.807, 2.05) is 32.0 Å². The second-order valence-electron chi connectivity index (χ2n) is 9.66. The van der Waals surface area contributed by atoms with Gasteiger partial charge in [0.1, 0.15) is 11.5 Å². The van der Waals surface area contributed by atoms with Crippen molar-refractivity contribution in [3.8, 4) is 17.2 Å². The lowest BCUT2D eigenvalue weighted by atomic mass is 9.95. The first-order valence-electron chi connectivity index (χ1n) is 14.1. The fourth-order valence-electron chi connectivity index (χ4n) is 4.88. The van der Waals surface area contributed by atoms with Crippen LogP contribution in [0.25, 0.3) is 16.0 Å². The summed E-state index contributed by atoms with van der Waals surface area (Å²) in [5.41, 5.74) is 1.57. The van der Waals surface area contributed by atoms with Crippen LogP contribution in [0.15, 0.2) is 66.5 Å². The highest BCUT2D eigenvalue weighted by atomic mass is 32.1. The van der Waals surface area contributed by atoms with E-state index in [2.05, 4.69) is 11.9 Å². The smallest absolute Gasteiger partial charge is 0.301 e. The molecule has 42 heavy (non-hydrogen) atoms. The highest BCUT2D eigenvalue weighted by Gasteiger charge is 2.48. The van der Waals surface area contributed by atoms with Gasteiger partial charge in [0.15, 0.2) is 16.6 Å². The number of aliphatic hydroxyl groups excluding tert-OH is 1. The Labute approximate surface area is 248 Å². The van der Waals surface area contributed by atoms with Crippen molar-refractivity contribution in [3.63, 3.8) is 0 Å². The summed E-state index contributed by atoms with van der Waals surface area (Å²) in [6.45, 7) is 7.37. The number of ether oxygens (including phenoxy) is 3. The molecule has 10 heteroatoms. The van der Waals surface area contributed by atoms with Gasteiger partial charge in [-0.2, -0.15) is 0 Å². The molecular formula is C32H33N3O6S. The van der Waals surface area contributed by atoms with E-state index in [0.29, 0.717) is 58.8 Å². The van der Waals surface area contributed by atoms with Crippen molar-refractivity contribution in [2.75, 3.05) is 24.7 Å². The van der Waals surface area contributed by atoms with Crippen LogP contribution in [0.2, 0.25) is 0 Å². The van der Waals surface area contributed by atoms with Gasteiger partial charge in [-0.1, -0.05) is 37.2 Å². The first kappa shape index (κ1) is 29.1. The minimum atomic E-state index is -0.960. The molecule has 1 amide bonds. The number of fused-ring (bicyclic) bond motifs is 1. The highest BCUT2D eigenvalue weighted by molar-refractivity contribution is 7.22. The number of carbonyl (C=O) groups is 2. The maximum absolute atomic E-state index is 13.7. The van der Waals surface area contributed by atoms with Crippen LogP contribution in [0.3, 0.4) is 0 Å². The van der Waals surface area contributed by atoms with E-state index in [1.54, 1.807) is 30.3 Å². The number of nitrogens with zero attached hydrogens (tertiary/aromatic N) is 3. The van der Waals surface area contributed by atoms with Gasteiger partial charge in [0.05, 0.1) is 41.7 Å². The minimum absolute atomic E-state index is 0.0421. The summed E-state index contributed by atoms with van der Waals surface area (Å²) in [7, 11) is 0. The summed E-state index contributed by atoms with van der Waals surface area (Å²) in [5, 5.41) is 11.7. The minimum Gasteiger partial charge on any atom is -0.507 e. The average molecular weight is 588 g/mol. The fourth-order valence-corrected chi connectivity index (χ4v) is 5.90. The zero-order chi connectivity index (χ0) is 29.6. The van der Waals surface area contributed by atoms with Crippen LogP contribution in [0, 0.1) is 0 Å². The lowest BCUT2D eigenvalue weighted by Gasteiger charge is -2.24. The third kappa shape index (κ3) is 5.80. The molecule has 0 bridgehead atoms. The topological polar surface area (TPSA) is 111 Å². The predicted molar refractivity (Wildman–Crippen MR) is 162 cm³/mol. The summed E-state index contributed by atoms with van der Waals surface area (Å²) in [5.74, 6) is -0.120. The molecular weight excluding hydrogens is 554 g/mol. The molecule has 5 rings (SSSR count). The Morgan fingerprint density at radius 2 is 1.71 bits per heavy atom. The van der Waals surface area contributed by atoms with E-state index in [-0.39, 0.29) is 11.3 Å². The van der Waals surface area contributed by atoms with Crippen LogP contribution in [0.1, 0.15) is 57.2 Å². The quantitative estimate of drug-likeness (QED) is 0.0845. The number of aromatic nitrogens is 2. The summed E-state index contributed by atoms with van der Waals surface area (Å²) in [4.78, 5) is 37.3. The van der Waals surface area contributed by atoms with Crippen LogP contribution in [-0.2, 0) is 9.59 Å². The van der Waals surface area contributed by atoms with E-state index in [9.17, 15) is 14.7 Å². The Balaban J connectivity index is 1.64. The SMILES string of the molecule is CCCCCOc1ccc(C2C(=C(O)c3ccncc3)C(=O)C(=O)N2c2nc3ccc(OCC)cc3s2)cc1OCC. The van der Waals surface area contributed by atoms with Crippen LogP contribution in [-0.4, -0.2) is 46.6 Å². The highest BCUT2D eigenvalue weighted by Crippen LogP contribution is 2.46. The number of benzene rings is 2. The van der Waals surface area contributed by atoms with E-state index < -0.39 is 17.7 Å². The Hall–Kier alpha value is -4.44. The van der Waals surface area contributed by atoms with Gasteiger partial charge in [-0.05, 0) is 68.3 Å². The van der Waals surface area contributed by atoms with Gasteiger partial charge >= 0.3 is 5.91 Å². The average Bonchev–Trinajstić information content (AvgIpc) is 3.53. The number of anilines is 1. The Morgan fingerprint density at radius 3 is 2.45 bits per heavy atom. The van der Waals surface area contributed by atoms with Crippen molar-refractivity contribution in [2.45, 2.75) is 46.1 Å². The first-order valence-corrected chi connectivity index (χ1v) is 14.9. The Morgan fingerprint density at radius 1 is 0.929 bits per heavy atom. The molecule has 2 aromatic carbocycles. The standard InChI is InChI=1S/C32H33N3O6S/c1-4-7-8-17-41-24-12-9-21(18-25(24)40-6-3)28-27(29(36)20-13-15-33-16-14-20)30(37)31(38)35(28)32-34-23-11-10-22(39-5-2)19-26(23)42-32/h9-16,18-19,28,36H,4-8,17H2,1-3H3. The Bertz CT molecular complexity index is 1620. The molecule has 1 N–H and O–H groups in total. The van der Waals surface area contributed by atoms with Gasteiger partial charge in [0.2, 0.25) is 0 Å². The molecule has 0 saturated carbocycles. The van der Waals surface area contributed by atoms with Crippen molar-refractivity contribution in [3.05, 3.63) is 77.6 Å². The van der Waals surface area contributed by atoms with Gasteiger partial charge < -0.3 is 19.3 Å². The molecule has 0 radical (unpaired) electrons. The van der Waals surface area contributed by atoms with Crippen LogP contribution in [0.5, 0.6) is 17.2 Å². The number of amides is 1. The molecule has 218 valence electrons. The number of carbonyl (C=O) groups excluding carboxylic acids is 2. The molecule has 1 atom stereocenters. The lowest BCUT2D eigenvalue weighted by Crippen LogP contribution is -2.29. The van der Waals surface area contributed by atoms with E-state index in [0.717, 1.165) is 24.0 Å². The molecule has 1 fully saturated rings. The van der Waals surface area contributed by atoms with Gasteiger partial charge in [-0.15, -0.1) is 0 Å². The molecule has 1 unspecified atom stereocenters. The van der Waals surface area contributed by atoms with Crippen molar-refractivity contribution in [1.29, 1.82) is 0 Å². The molecule has 1 aliphatic heterocycles. The van der Waals surface area contributed by atoms with E-state index in [4.69, 9.17) is 19.2 Å². The van der Waals surface area contributed by atoms with Crippen molar-refractivity contribution in [2.24, 2.45) is 0 Å². The number of Topliss-reactive ketones (excluding diaryl/α,β-unsaturated/α-hetero) is 1. The van der Waals surface area contributed by atoms with Crippen molar-refractivity contribution < 1.29 is 28.9 Å². The van der Waals surface area contributed by atoms with Gasteiger partial charge in [0.25, 0.3) is 5.78 Å². The van der Waals surface area contributed by atoms with Gasteiger partial charge in [0, 0.05) is 18.0 Å². The number of aliphatic hydroxyl groups is 1. The largest absolute Gasteiger partial charge is 0.507 e. The number of ketones is 1. The summed E-state index contributed by atoms with van der Waals surface area (Å²) in [6, 6.07) is 13.1. The normalized spacial score (nSPS) is 16.3. The van der Waals surface area contributed by atoms with Crippen LogP contribution >= 0.6 is 11.3 Å². The monoisotopic (exact) mass is 587 g/mol. The number of hydrogen-bond acceptors (Lipinski definition) is 9. The number of unbranched alkanes of at least 4 members (excludes halogenated alkanes) is 2. The van der Waals surface area contributed by atoms with Gasteiger partial charge in [-0.25, -0.2) is 4.98 Å². The lowest BCUT2D eigenvalue weighted by molar-refractivity contribution is -0.132. The second-order valence-corrected chi connectivity index (χ2v) is 10.7. The predicted octanol–water partition coefficient (Wildman–Crippen LogP) is 6.68. The number of hydrogen-bond donors (Lipinski definition) is 1. The third-order valence-electron chi connectivity index (χ3n) is 6.85. The zero-order valence-electron chi connectivity index (χ0n) is 23.8. The third-order valence-corrected chi connectivity index (χ3v) is 7.87. The molecule has 2 aromatic heterocycles. The number of rotatable bonds is 12. The molecule has 4 aromatic rings. The number of thiazole rings is 1. The fraction of sp³-hybridized carbons (Fsp3) is 0.312. The molecule has 0 spiro atoms. The second kappa shape index (κ2) is 13.0.